The Morgan fingerprint density at radius 3 is 2.94 bits per heavy atom. The van der Waals surface area contributed by atoms with Crippen LogP contribution in [0.3, 0.4) is 0 Å². The average molecular weight is 223 g/mol. The highest BCUT2D eigenvalue weighted by molar-refractivity contribution is 5.66. The summed E-state index contributed by atoms with van der Waals surface area (Å²) in [6.45, 7) is 0.645. The fraction of sp³-hybridized carbons (Fsp3) is 0.727. The Morgan fingerprint density at radius 1 is 1.50 bits per heavy atom. The second-order valence-electron chi connectivity index (χ2n) is 4.39. The topological polar surface area (TPSA) is 68.0 Å². The van der Waals surface area contributed by atoms with Crippen molar-refractivity contribution in [1.29, 1.82) is 0 Å². The van der Waals surface area contributed by atoms with E-state index < -0.39 is 5.97 Å². The molecule has 1 aromatic rings. The zero-order valence-corrected chi connectivity index (χ0v) is 9.30. The molecule has 0 aromatic carbocycles. The van der Waals surface area contributed by atoms with Crippen molar-refractivity contribution in [3.8, 4) is 0 Å². The zero-order valence-electron chi connectivity index (χ0n) is 9.30. The van der Waals surface area contributed by atoms with E-state index in [2.05, 4.69) is 10.3 Å². The van der Waals surface area contributed by atoms with Crippen molar-refractivity contribution in [1.82, 2.24) is 15.0 Å². The lowest BCUT2D eigenvalue weighted by Crippen LogP contribution is -2.02. The second-order valence-corrected chi connectivity index (χ2v) is 4.39. The molecule has 0 aliphatic heterocycles. The third-order valence-corrected chi connectivity index (χ3v) is 3.11. The molecule has 88 valence electrons. The second kappa shape index (κ2) is 5.09. The monoisotopic (exact) mass is 223 g/mol. The summed E-state index contributed by atoms with van der Waals surface area (Å²) < 4.78 is 1.76. The summed E-state index contributed by atoms with van der Waals surface area (Å²) in [6.07, 6.45) is 7.79. The Labute approximate surface area is 94.5 Å². The van der Waals surface area contributed by atoms with Gasteiger partial charge in [-0.3, -0.25) is 9.48 Å². The normalized spacial score (nSPS) is 16.8. The van der Waals surface area contributed by atoms with E-state index >= 15 is 0 Å². The molecule has 1 N–H and O–H groups in total. The van der Waals surface area contributed by atoms with Gasteiger partial charge in [-0.25, -0.2) is 0 Å². The molecule has 1 heterocycles. The minimum atomic E-state index is -0.754. The molecular formula is C11H17N3O2. The van der Waals surface area contributed by atoms with E-state index in [1.54, 1.807) is 4.68 Å². The highest BCUT2D eigenvalue weighted by Gasteiger charge is 2.19. The molecule has 0 atom stereocenters. The number of hydrogen-bond donors (Lipinski definition) is 1. The van der Waals surface area contributed by atoms with Crippen LogP contribution >= 0.6 is 0 Å². The van der Waals surface area contributed by atoms with E-state index in [9.17, 15) is 4.79 Å². The van der Waals surface area contributed by atoms with E-state index in [1.165, 1.54) is 25.7 Å². The predicted molar refractivity (Wildman–Crippen MR) is 58.1 cm³/mol. The summed E-state index contributed by atoms with van der Waals surface area (Å²) in [5.74, 6) is -0.177. The molecule has 1 aliphatic rings. The fourth-order valence-corrected chi connectivity index (χ4v) is 2.22. The van der Waals surface area contributed by atoms with Crippen LogP contribution in [0.2, 0.25) is 0 Å². The van der Waals surface area contributed by atoms with Crippen molar-refractivity contribution in [2.75, 3.05) is 0 Å². The molecule has 1 saturated carbocycles. The molecule has 0 bridgehead atoms. The Kier molecular flexibility index (Phi) is 3.54. The van der Waals surface area contributed by atoms with Gasteiger partial charge in [-0.15, -0.1) is 5.10 Å². The number of hydrogen-bond acceptors (Lipinski definition) is 3. The lowest BCUT2D eigenvalue weighted by molar-refractivity contribution is -0.137. The van der Waals surface area contributed by atoms with Crippen molar-refractivity contribution in [2.45, 2.75) is 51.0 Å². The van der Waals surface area contributed by atoms with Gasteiger partial charge in [0, 0.05) is 25.1 Å². The molecule has 0 spiro atoms. The van der Waals surface area contributed by atoms with Gasteiger partial charge in [0.1, 0.15) is 0 Å². The van der Waals surface area contributed by atoms with E-state index in [-0.39, 0.29) is 6.42 Å². The van der Waals surface area contributed by atoms with Crippen molar-refractivity contribution < 1.29 is 9.90 Å². The number of aryl methyl sites for hydroxylation is 1. The van der Waals surface area contributed by atoms with Crippen LogP contribution in [-0.4, -0.2) is 26.1 Å². The van der Waals surface area contributed by atoms with Gasteiger partial charge in [-0.2, -0.15) is 0 Å². The van der Waals surface area contributed by atoms with Gasteiger partial charge in [0.05, 0.1) is 5.69 Å². The molecule has 0 unspecified atom stereocenters. The average Bonchev–Trinajstić information content (AvgIpc) is 2.85. The van der Waals surface area contributed by atoms with Crippen LogP contribution in [0.15, 0.2) is 6.20 Å². The van der Waals surface area contributed by atoms with Gasteiger partial charge >= 0.3 is 5.97 Å². The number of carbonyl (C=O) groups is 1. The summed E-state index contributed by atoms with van der Waals surface area (Å²) in [7, 11) is 0. The minimum absolute atomic E-state index is 0.193. The SMILES string of the molecule is O=C(O)CCCn1cc(C2CCCC2)nn1. The molecule has 0 radical (unpaired) electrons. The molecule has 1 fully saturated rings. The number of aromatic nitrogens is 3. The van der Waals surface area contributed by atoms with E-state index in [0.717, 1.165) is 5.69 Å². The maximum atomic E-state index is 10.4. The summed E-state index contributed by atoms with van der Waals surface area (Å²) in [5, 5.41) is 16.7. The maximum Gasteiger partial charge on any atom is 0.303 e. The molecule has 0 amide bonds. The summed E-state index contributed by atoms with van der Waals surface area (Å²) in [4.78, 5) is 10.4. The van der Waals surface area contributed by atoms with Gasteiger partial charge in [0.25, 0.3) is 0 Å². The first kappa shape index (κ1) is 11.1. The Balaban J connectivity index is 1.84. The standard InChI is InChI=1S/C11H17N3O2/c15-11(16)6-3-7-14-8-10(12-13-14)9-4-1-2-5-9/h8-9H,1-7H2,(H,15,16). The van der Waals surface area contributed by atoms with Crippen LogP contribution in [0, 0.1) is 0 Å². The highest BCUT2D eigenvalue weighted by Crippen LogP contribution is 2.32. The summed E-state index contributed by atoms with van der Waals surface area (Å²) >= 11 is 0. The van der Waals surface area contributed by atoms with Gasteiger partial charge in [0.2, 0.25) is 0 Å². The van der Waals surface area contributed by atoms with Gasteiger partial charge in [0.15, 0.2) is 0 Å². The third-order valence-electron chi connectivity index (χ3n) is 3.11. The van der Waals surface area contributed by atoms with Gasteiger partial charge in [-0.05, 0) is 19.3 Å². The molecule has 5 nitrogen and oxygen atoms in total. The molecule has 1 aromatic heterocycles. The van der Waals surface area contributed by atoms with Crippen LogP contribution in [-0.2, 0) is 11.3 Å². The zero-order chi connectivity index (χ0) is 11.4. The number of carboxylic acids is 1. The van der Waals surface area contributed by atoms with Crippen molar-refractivity contribution in [3.63, 3.8) is 0 Å². The first-order valence-electron chi connectivity index (χ1n) is 5.87. The fourth-order valence-electron chi connectivity index (χ4n) is 2.22. The van der Waals surface area contributed by atoms with Crippen LogP contribution in [0.25, 0.3) is 0 Å². The lowest BCUT2D eigenvalue weighted by Gasteiger charge is -2.01. The summed E-state index contributed by atoms with van der Waals surface area (Å²) in [5.41, 5.74) is 1.08. The molecule has 16 heavy (non-hydrogen) atoms. The maximum absolute atomic E-state index is 10.4. The van der Waals surface area contributed by atoms with Gasteiger partial charge in [-0.1, -0.05) is 18.1 Å². The van der Waals surface area contributed by atoms with E-state index in [1.807, 2.05) is 6.20 Å². The van der Waals surface area contributed by atoms with E-state index in [0.29, 0.717) is 18.9 Å². The number of aliphatic carboxylic acids is 1. The molecule has 1 aliphatic carbocycles. The Bertz CT molecular complexity index is 356. The largest absolute Gasteiger partial charge is 0.481 e. The first-order chi connectivity index (χ1) is 7.75. The van der Waals surface area contributed by atoms with Gasteiger partial charge < -0.3 is 5.11 Å². The predicted octanol–water partition coefficient (Wildman–Crippen LogP) is 1.80. The number of carboxylic acid groups (broad SMARTS) is 1. The van der Waals surface area contributed by atoms with Crippen molar-refractivity contribution >= 4 is 5.97 Å². The van der Waals surface area contributed by atoms with Crippen molar-refractivity contribution in [2.24, 2.45) is 0 Å². The van der Waals surface area contributed by atoms with Crippen LogP contribution < -0.4 is 0 Å². The Hall–Kier alpha value is -1.39. The van der Waals surface area contributed by atoms with E-state index in [4.69, 9.17) is 5.11 Å². The molecule has 2 rings (SSSR count). The Morgan fingerprint density at radius 2 is 2.25 bits per heavy atom. The molecule has 5 heteroatoms. The number of rotatable bonds is 5. The highest BCUT2D eigenvalue weighted by atomic mass is 16.4. The lowest BCUT2D eigenvalue weighted by atomic mass is 10.1. The summed E-state index contributed by atoms with van der Waals surface area (Å²) in [6, 6.07) is 0. The quantitative estimate of drug-likeness (QED) is 0.826. The smallest absolute Gasteiger partial charge is 0.303 e. The number of nitrogens with zero attached hydrogens (tertiary/aromatic N) is 3. The first-order valence-corrected chi connectivity index (χ1v) is 5.87. The van der Waals surface area contributed by atoms with Crippen molar-refractivity contribution in [3.05, 3.63) is 11.9 Å². The van der Waals surface area contributed by atoms with Crippen LogP contribution in [0.5, 0.6) is 0 Å². The van der Waals surface area contributed by atoms with Crippen LogP contribution in [0.4, 0.5) is 0 Å². The van der Waals surface area contributed by atoms with Crippen LogP contribution in [0.1, 0.15) is 50.1 Å². The molecular weight excluding hydrogens is 206 g/mol. The molecule has 0 saturated heterocycles. The minimum Gasteiger partial charge on any atom is -0.481 e. The third kappa shape index (κ3) is 2.81.